The lowest BCUT2D eigenvalue weighted by Gasteiger charge is -2.47. The molecule has 1 amide bonds. The van der Waals surface area contributed by atoms with Gasteiger partial charge in [0.15, 0.2) is 0 Å². The van der Waals surface area contributed by atoms with Crippen LogP contribution in [0.25, 0.3) is 0 Å². The van der Waals surface area contributed by atoms with Gasteiger partial charge in [0.05, 0.1) is 27.3 Å². The van der Waals surface area contributed by atoms with Crippen molar-refractivity contribution in [1.29, 1.82) is 0 Å². The molecule has 0 aliphatic carbocycles. The maximum Gasteiger partial charge on any atom is 0.410 e. The molecule has 1 fully saturated rings. The Morgan fingerprint density at radius 1 is 1.26 bits per heavy atom. The van der Waals surface area contributed by atoms with E-state index in [0.717, 1.165) is 0 Å². The molecular weight excluding hydrogens is 366 g/mol. The fraction of sp³-hybridized carbons (Fsp3) is 0.562. The fourth-order valence-corrected chi connectivity index (χ4v) is 3.14. The third-order valence-electron chi connectivity index (χ3n) is 3.54. The van der Waals surface area contributed by atoms with Crippen LogP contribution in [0.5, 0.6) is 11.5 Å². The summed E-state index contributed by atoms with van der Waals surface area (Å²) in [6.07, 6.45) is -0.436. The third kappa shape index (κ3) is 3.55. The van der Waals surface area contributed by atoms with Crippen LogP contribution in [0.4, 0.5) is 4.79 Å². The van der Waals surface area contributed by atoms with E-state index in [9.17, 15) is 9.90 Å². The van der Waals surface area contributed by atoms with E-state index in [-0.39, 0.29) is 13.1 Å². The number of amides is 1. The lowest BCUT2D eigenvalue weighted by atomic mass is 9.85. The topological polar surface area (TPSA) is 68.2 Å². The van der Waals surface area contributed by atoms with E-state index in [1.807, 2.05) is 0 Å². The van der Waals surface area contributed by atoms with Gasteiger partial charge in [0, 0.05) is 5.56 Å². The Labute approximate surface area is 144 Å². The number of rotatable bonds is 3. The molecule has 2 rings (SSSR count). The molecule has 7 heteroatoms. The van der Waals surface area contributed by atoms with Gasteiger partial charge in [0.2, 0.25) is 0 Å². The Kier molecular flexibility index (Phi) is 4.82. The molecule has 1 aromatic rings. The van der Waals surface area contributed by atoms with Crippen LogP contribution in [-0.4, -0.2) is 49.0 Å². The summed E-state index contributed by atoms with van der Waals surface area (Å²) in [6, 6.07) is 3.49. The first kappa shape index (κ1) is 17.9. The zero-order valence-corrected chi connectivity index (χ0v) is 15.6. The highest BCUT2D eigenvalue weighted by atomic mass is 79.9. The number of hydrogen-bond donors (Lipinski definition) is 1. The molecular formula is C16H22BrNO5. The Balaban J connectivity index is 2.18. The van der Waals surface area contributed by atoms with Crippen molar-refractivity contribution >= 4 is 22.0 Å². The number of benzene rings is 1. The van der Waals surface area contributed by atoms with E-state index in [1.165, 1.54) is 12.0 Å². The average molecular weight is 388 g/mol. The number of ether oxygens (including phenoxy) is 3. The van der Waals surface area contributed by atoms with E-state index in [1.54, 1.807) is 40.0 Å². The number of carbonyl (C=O) groups is 1. The molecule has 1 aromatic carbocycles. The van der Waals surface area contributed by atoms with Crippen molar-refractivity contribution in [3.8, 4) is 11.5 Å². The van der Waals surface area contributed by atoms with Crippen molar-refractivity contribution in [2.75, 3.05) is 27.3 Å². The summed E-state index contributed by atoms with van der Waals surface area (Å²) in [4.78, 5) is 13.5. The summed E-state index contributed by atoms with van der Waals surface area (Å²) in [5.74, 6) is 1.10. The number of carbonyl (C=O) groups excluding carboxylic acids is 1. The van der Waals surface area contributed by atoms with Crippen LogP contribution in [0.2, 0.25) is 0 Å². The van der Waals surface area contributed by atoms with E-state index in [2.05, 4.69) is 15.9 Å². The molecule has 0 unspecified atom stereocenters. The Morgan fingerprint density at radius 3 is 2.35 bits per heavy atom. The van der Waals surface area contributed by atoms with Gasteiger partial charge in [-0.05, 0) is 48.8 Å². The highest BCUT2D eigenvalue weighted by Gasteiger charge is 2.48. The van der Waals surface area contributed by atoms with Crippen molar-refractivity contribution in [2.45, 2.75) is 32.0 Å². The molecule has 1 N–H and O–H groups in total. The van der Waals surface area contributed by atoms with E-state index >= 15 is 0 Å². The minimum Gasteiger partial charge on any atom is -0.495 e. The van der Waals surface area contributed by atoms with Crippen molar-refractivity contribution in [3.05, 3.63) is 22.2 Å². The molecule has 0 bridgehead atoms. The van der Waals surface area contributed by atoms with E-state index in [0.29, 0.717) is 21.5 Å². The van der Waals surface area contributed by atoms with Crippen LogP contribution >= 0.6 is 15.9 Å². The summed E-state index contributed by atoms with van der Waals surface area (Å²) in [5, 5.41) is 10.8. The molecule has 1 saturated heterocycles. The van der Waals surface area contributed by atoms with Crippen molar-refractivity contribution < 1.29 is 24.1 Å². The molecule has 0 spiro atoms. The minimum absolute atomic E-state index is 0.150. The number of halogens is 1. The van der Waals surface area contributed by atoms with Gasteiger partial charge in [-0.3, -0.25) is 0 Å². The number of β-amino-alcohol motifs (C(OH)–C–C–N with tert-alkyl or cyclic N) is 1. The predicted octanol–water partition coefficient (Wildman–Crippen LogP) is 2.90. The molecule has 0 aromatic heterocycles. The smallest absolute Gasteiger partial charge is 0.410 e. The number of methoxy groups -OCH3 is 2. The maximum atomic E-state index is 12.0. The first-order valence-corrected chi connectivity index (χ1v) is 8.02. The molecule has 0 radical (unpaired) electrons. The van der Waals surface area contributed by atoms with Crippen LogP contribution in [0.1, 0.15) is 26.3 Å². The first-order valence-electron chi connectivity index (χ1n) is 7.22. The van der Waals surface area contributed by atoms with E-state index < -0.39 is 17.3 Å². The van der Waals surface area contributed by atoms with Gasteiger partial charge in [-0.15, -0.1) is 0 Å². The lowest BCUT2D eigenvalue weighted by molar-refractivity contribution is -0.104. The fourth-order valence-electron chi connectivity index (χ4n) is 2.47. The molecule has 23 heavy (non-hydrogen) atoms. The lowest BCUT2D eigenvalue weighted by Crippen LogP contribution is -2.62. The normalized spacial score (nSPS) is 16.6. The molecule has 6 nitrogen and oxygen atoms in total. The van der Waals surface area contributed by atoms with Gasteiger partial charge < -0.3 is 24.2 Å². The van der Waals surface area contributed by atoms with Gasteiger partial charge >= 0.3 is 6.09 Å². The number of likely N-dealkylation sites (tertiary alicyclic amines) is 1. The Bertz CT molecular complexity index is 605. The van der Waals surface area contributed by atoms with Crippen molar-refractivity contribution in [1.82, 2.24) is 4.90 Å². The quantitative estimate of drug-likeness (QED) is 0.863. The van der Waals surface area contributed by atoms with Gasteiger partial charge in [-0.1, -0.05) is 0 Å². The zero-order valence-electron chi connectivity index (χ0n) is 14.0. The summed E-state index contributed by atoms with van der Waals surface area (Å²) in [5.41, 5.74) is -1.13. The van der Waals surface area contributed by atoms with Crippen LogP contribution in [-0.2, 0) is 10.3 Å². The monoisotopic (exact) mass is 387 g/mol. The van der Waals surface area contributed by atoms with Crippen molar-refractivity contribution in [3.63, 3.8) is 0 Å². The molecule has 1 heterocycles. The van der Waals surface area contributed by atoms with E-state index in [4.69, 9.17) is 14.2 Å². The van der Waals surface area contributed by atoms with Gasteiger partial charge in [-0.2, -0.15) is 0 Å². The van der Waals surface area contributed by atoms with Gasteiger partial charge in [0.25, 0.3) is 0 Å². The van der Waals surface area contributed by atoms with Gasteiger partial charge in [0.1, 0.15) is 27.2 Å². The maximum absolute atomic E-state index is 12.0. The molecule has 128 valence electrons. The predicted molar refractivity (Wildman–Crippen MR) is 88.9 cm³/mol. The summed E-state index contributed by atoms with van der Waals surface area (Å²) >= 11 is 3.42. The van der Waals surface area contributed by atoms with Crippen LogP contribution in [0.3, 0.4) is 0 Å². The third-order valence-corrected chi connectivity index (χ3v) is 4.29. The second-order valence-electron chi connectivity index (χ2n) is 6.53. The Morgan fingerprint density at radius 2 is 1.87 bits per heavy atom. The van der Waals surface area contributed by atoms with Crippen molar-refractivity contribution in [2.24, 2.45) is 0 Å². The highest BCUT2D eigenvalue weighted by Crippen LogP contribution is 2.44. The number of nitrogens with zero attached hydrogens (tertiary/aromatic N) is 1. The molecule has 1 aliphatic heterocycles. The van der Waals surface area contributed by atoms with Crippen LogP contribution < -0.4 is 9.47 Å². The molecule has 0 atom stereocenters. The van der Waals surface area contributed by atoms with Crippen LogP contribution in [0, 0.1) is 0 Å². The molecule has 0 saturated carbocycles. The zero-order chi connectivity index (χ0) is 17.4. The average Bonchev–Trinajstić information content (AvgIpc) is 2.41. The standard InChI is InChI=1S/C16H22BrNO5/c1-15(2,3)23-14(19)18-8-16(20,9-18)10-6-7-11(21-4)12(17)13(10)22-5/h6-7,20H,8-9H2,1-5H3. The minimum atomic E-state index is -1.17. The largest absolute Gasteiger partial charge is 0.495 e. The SMILES string of the molecule is COc1ccc(C2(O)CN(C(=O)OC(C)(C)C)C2)c(OC)c1Br. The highest BCUT2D eigenvalue weighted by molar-refractivity contribution is 9.10. The first-order chi connectivity index (χ1) is 10.6. The summed E-state index contributed by atoms with van der Waals surface area (Å²) in [7, 11) is 3.08. The summed E-state index contributed by atoms with van der Waals surface area (Å²) < 4.78 is 16.6. The van der Waals surface area contributed by atoms with Crippen LogP contribution in [0.15, 0.2) is 16.6 Å². The second kappa shape index (κ2) is 6.20. The molecule has 1 aliphatic rings. The summed E-state index contributed by atoms with van der Waals surface area (Å²) in [6.45, 7) is 5.72. The number of aliphatic hydroxyl groups is 1. The van der Waals surface area contributed by atoms with Gasteiger partial charge in [-0.25, -0.2) is 4.79 Å². The second-order valence-corrected chi connectivity index (χ2v) is 7.32. The Hall–Kier alpha value is -1.47. The number of hydrogen-bond acceptors (Lipinski definition) is 5.